The maximum Gasteiger partial charge on any atom is 0.349 e. The maximum absolute atomic E-state index is 11.1. The van der Waals surface area contributed by atoms with Gasteiger partial charge in [-0.15, -0.1) is 0 Å². The van der Waals surface area contributed by atoms with E-state index >= 15 is 0 Å². The van der Waals surface area contributed by atoms with E-state index in [1.165, 1.54) is 7.11 Å². The standard InChI is InChI=1S/C13H11ClO4S/c1-17-11-6-10(12(19-11)13(15)16)18-7-8-3-2-4-9(14)5-8/h2-6H,7H2,1H3,(H,15,16). The highest BCUT2D eigenvalue weighted by molar-refractivity contribution is 7.16. The van der Waals surface area contributed by atoms with Crippen molar-refractivity contribution in [2.24, 2.45) is 0 Å². The van der Waals surface area contributed by atoms with Crippen molar-refractivity contribution in [3.05, 3.63) is 45.8 Å². The third-order valence-electron chi connectivity index (χ3n) is 2.35. The summed E-state index contributed by atoms with van der Waals surface area (Å²) >= 11 is 6.90. The van der Waals surface area contributed by atoms with Gasteiger partial charge in [0, 0.05) is 11.1 Å². The van der Waals surface area contributed by atoms with E-state index in [0.717, 1.165) is 16.9 Å². The first-order valence-corrected chi connectivity index (χ1v) is 6.58. The molecule has 100 valence electrons. The summed E-state index contributed by atoms with van der Waals surface area (Å²) in [6.07, 6.45) is 0. The zero-order chi connectivity index (χ0) is 13.8. The predicted molar refractivity (Wildman–Crippen MR) is 73.6 cm³/mol. The van der Waals surface area contributed by atoms with E-state index in [9.17, 15) is 4.79 Å². The molecule has 4 nitrogen and oxygen atoms in total. The lowest BCUT2D eigenvalue weighted by atomic mass is 10.2. The summed E-state index contributed by atoms with van der Waals surface area (Å²) in [7, 11) is 1.48. The molecule has 0 bridgehead atoms. The first-order chi connectivity index (χ1) is 9.10. The van der Waals surface area contributed by atoms with Crippen LogP contribution < -0.4 is 9.47 Å². The number of hydrogen-bond acceptors (Lipinski definition) is 4. The number of hydrogen-bond donors (Lipinski definition) is 1. The third-order valence-corrected chi connectivity index (χ3v) is 3.65. The summed E-state index contributed by atoms with van der Waals surface area (Å²) in [6.45, 7) is 0.251. The zero-order valence-electron chi connectivity index (χ0n) is 10.1. The largest absolute Gasteiger partial charge is 0.487 e. The van der Waals surface area contributed by atoms with Crippen molar-refractivity contribution in [1.82, 2.24) is 0 Å². The number of benzene rings is 1. The van der Waals surface area contributed by atoms with E-state index in [-0.39, 0.29) is 11.5 Å². The average molecular weight is 299 g/mol. The smallest absolute Gasteiger partial charge is 0.349 e. The number of aromatic carboxylic acids is 1. The van der Waals surface area contributed by atoms with Gasteiger partial charge in [-0.3, -0.25) is 0 Å². The Morgan fingerprint density at radius 3 is 2.84 bits per heavy atom. The second-order valence-corrected chi connectivity index (χ2v) is 5.14. The summed E-state index contributed by atoms with van der Waals surface area (Å²) < 4.78 is 10.5. The molecule has 0 aliphatic rings. The maximum atomic E-state index is 11.1. The highest BCUT2D eigenvalue weighted by atomic mass is 35.5. The summed E-state index contributed by atoms with van der Waals surface area (Å²) in [4.78, 5) is 11.2. The Kier molecular flexibility index (Phi) is 4.29. The van der Waals surface area contributed by atoms with Crippen LogP contribution in [0.15, 0.2) is 30.3 Å². The van der Waals surface area contributed by atoms with E-state index in [2.05, 4.69) is 0 Å². The molecule has 1 aromatic carbocycles. The zero-order valence-corrected chi connectivity index (χ0v) is 11.6. The highest BCUT2D eigenvalue weighted by Crippen LogP contribution is 2.35. The summed E-state index contributed by atoms with van der Waals surface area (Å²) in [5.74, 6) is -0.733. The van der Waals surface area contributed by atoms with Gasteiger partial charge in [0.25, 0.3) is 0 Å². The normalized spacial score (nSPS) is 10.2. The Morgan fingerprint density at radius 2 is 2.21 bits per heavy atom. The van der Waals surface area contributed by atoms with E-state index in [0.29, 0.717) is 15.8 Å². The fourth-order valence-electron chi connectivity index (χ4n) is 1.50. The monoisotopic (exact) mass is 298 g/mol. The number of carboxylic acid groups (broad SMARTS) is 1. The van der Waals surface area contributed by atoms with Gasteiger partial charge in [-0.1, -0.05) is 35.1 Å². The SMILES string of the molecule is COc1cc(OCc2cccc(Cl)c2)c(C(=O)O)s1. The molecule has 0 amide bonds. The van der Waals surface area contributed by atoms with Gasteiger partial charge in [0.2, 0.25) is 0 Å². The van der Waals surface area contributed by atoms with Crippen LogP contribution >= 0.6 is 22.9 Å². The highest BCUT2D eigenvalue weighted by Gasteiger charge is 2.17. The van der Waals surface area contributed by atoms with Crippen molar-refractivity contribution in [3.63, 3.8) is 0 Å². The van der Waals surface area contributed by atoms with Gasteiger partial charge < -0.3 is 14.6 Å². The van der Waals surface area contributed by atoms with Crippen LogP contribution in [0.5, 0.6) is 10.8 Å². The van der Waals surface area contributed by atoms with Crippen LogP contribution in [0.1, 0.15) is 15.2 Å². The van der Waals surface area contributed by atoms with Crippen molar-refractivity contribution in [3.8, 4) is 10.8 Å². The second-order valence-electron chi connectivity index (χ2n) is 3.69. The van der Waals surface area contributed by atoms with Crippen molar-refractivity contribution < 1.29 is 19.4 Å². The Hall–Kier alpha value is -1.72. The molecule has 0 aliphatic carbocycles. The van der Waals surface area contributed by atoms with Crippen molar-refractivity contribution >= 4 is 28.9 Å². The summed E-state index contributed by atoms with van der Waals surface area (Å²) in [5, 5.41) is 10.2. The summed E-state index contributed by atoms with van der Waals surface area (Å²) in [5.41, 5.74) is 0.869. The number of thiophene rings is 1. The average Bonchev–Trinajstić information content (AvgIpc) is 2.80. The fourth-order valence-corrected chi connectivity index (χ4v) is 2.47. The molecule has 2 rings (SSSR count). The molecule has 19 heavy (non-hydrogen) atoms. The van der Waals surface area contributed by atoms with Crippen LogP contribution in [0, 0.1) is 0 Å². The number of halogens is 1. The van der Waals surface area contributed by atoms with Gasteiger partial charge in [0.1, 0.15) is 12.4 Å². The van der Waals surface area contributed by atoms with E-state index in [4.69, 9.17) is 26.2 Å². The third kappa shape index (κ3) is 3.39. The molecule has 2 aromatic rings. The molecule has 0 radical (unpaired) electrons. The van der Waals surface area contributed by atoms with E-state index in [1.807, 2.05) is 12.1 Å². The van der Waals surface area contributed by atoms with Gasteiger partial charge in [0.05, 0.1) is 7.11 Å². The molecule has 1 N–H and O–H groups in total. The van der Waals surface area contributed by atoms with Gasteiger partial charge in [-0.05, 0) is 17.7 Å². The molecule has 0 spiro atoms. The van der Waals surface area contributed by atoms with Crippen molar-refractivity contribution in [2.75, 3.05) is 7.11 Å². The molecule has 1 heterocycles. The van der Waals surface area contributed by atoms with E-state index < -0.39 is 5.97 Å². The van der Waals surface area contributed by atoms with Gasteiger partial charge in [-0.25, -0.2) is 4.79 Å². The molecule has 0 unspecified atom stereocenters. The molecule has 0 aliphatic heterocycles. The molecule has 6 heteroatoms. The number of rotatable bonds is 5. The molecule has 0 saturated heterocycles. The molecular formula is C13H11ClO4S. The minimum atomic E-state index is -1.03. The number of carboxylic acids is 1. The van der Waals surface area contributed by atoms with Crippen molar-refractivity contribution in [1.29, 1.82) is 0 Å². The van der Waals surface area contributed by atoms with Crippen LogP contribution in [0.4, 0.5) is 0 Å². The first kappa shape index (κ1) is 13.7. The number of ether oxygens (including phenoxy) is 2. The topological polar surface area (TPSA) is 55.8 Å². The van der Waals surface area contributed by atoms with E-state index in [1.54, 1.807) is 18.2 Å². The first-order valence-electron chi connectivity index (χ1n) is 5.38. The number of carbonyl (C=O) groups is 1. The molecule has 0 saturated carbocycles. The van der Waals surface area contributed by atoms with Gasteiger partial charge in [-0.2, -0.15) is 0 Å². The molecule has 1 aromatic heterocycles. The van der Waals surface area contributed by atoms with Crippen molar-refractivity contribution in [2.45, 2.75) is 6.61 Å². The molecular weight excluding hydrogens is 288 g/mol. The Balaban J connectivity index is 2.14. The Labute approximate surface area is 119 Å². The van der Waals surface area contributed by atoms with Gasteiger partial charge >= 0.3 is 5.97 Å². The Morgan fingerprint density at radius 1 is 1.42 bits per heavy atom. The minimum Gasteiger partial charge on any atom is -0.487 e. The van der Waals surface area contributed by atoms with Crippen LogP contribution in [-0.4, -0.2) is 18.2 Å². The van der Waals surface area contributed by atoms with Crippen LogP contribution in [0.2, 0.25) is 5.02 Å². The Bertz CT molecular complexity index is 594. The lowest BCUT2D eigenvalue weighted by molar-refractivity contribution is 0.0697. The molecule has 0 fully saturated rings. The van der Waals surface area contributed by atoms with Crippen LogP contribution in [0.3, 0.4) is 0 Å². The predicted octanol–water partition coefficient (Wildman–Crippen LogP) is 3.69. The number of methoxy groups -OCH3 is 1. The van der Waals surface area contributed by atoms with Crippen LogP contribution in [0.25, 0.3) is 0 Å². The van der Waals surface area contributed by atoms with Crippen LogP contribution in [-0.2, 0) is 6.61 Å². The second kappa shape index (κ2) is 5.95. The fraction of sp³-hybridized carbons (Fsp3) is 0.154. The summed E-state index contributed by atoms with van der Waals surface area (Å²) in [6, 6.07) is 8.77. The lowest BCUT2D eigenvalue weighted by Crippen LogP contribution is -1.99. The lowest BCUT2D eigenvalue weighted by Gasteiger charge is -2.05. The van der Waals surface area contributed by atoms with Gasteiger partial charge in [0.15, 0.2) is 9.94 Å². The quantitative estimate of drug-likeness (QED) is 0.914. The minimum absolute atomic E-state index is 0.124. The molecule has 0 atom stereocenters.